The summed E-state index contributed by atoms with van der Waals surface area (Å²) >= 11 is 0. The standard InChI is InChI=1S/C12H17N5O2/c1-8(2)12-15-9(16-19-12)4-5-14-11(18)10-13-6-7-17(10)3/h6-8H,4-5H2,1-3H3,(H,14,18). The molecular weight excluding hydrogens is 246 g/mol. The van der Waals surface area contributed by atoms with E-state index in [1.165, 1.54) is 0 Å². The number of carbonyl (C=O) groups is 1. The van der Waals surface area contributed by atoms with Gasteiger partial charge in [-0.15, -0.1) is 0 Å². The molecule has 0 atom stereocenters. The summed E-state index contributed by atoms with van der Waals surface area (Å²) in [5.74, 6) is 1.61. The van der Waals surface area contributed by atoms with E-state index in [4.69, 9.17) is 4.52 Å². The van der Waals surface area contributed by atoms with Crippen molar-refractivity contribution in [2.24, 2.45) is 7.05 Å². The lowest BCUT2D eigenvalue weighted by Gasteiger charge is -2.02. The van der Waals surface area contributed by atoms with Crippen LogP contribution in [-0.2, 0) is 13.5 Å². The molecule has 0 unspecified atom stereocenters. The van der Waals surface area contributed by atoms with Gasteiger partial charge in [0.1, 0.15) is 0 Å². The second-order valence-corrected chi connectivity index (χ2v) is 4.57. The Kier molecular flexibility index (Phi) is 3.94. The summed E-state index contributed by atoms with van der Waals surface area (Å²) in [7, 11) is 1.77. The number of nitrogens with one attached hydrogen (secondary N) is 1. The monoisotopic (exact) mass is 263 g/mol. The first-order valence-electron chi connectivity index (χ1n) is 6.16. The molecule has 2 rings (SSSR count). The minimum Gasteiger partial charge on any atom is -0.349 e. The number of aryl methyl sites for hydroxylation is 1. The molecule has 0 aliphatic heterocycles. The zero-order chi connectivity index (χ0) is 13.8. The van der Waals surface area contributed by atoms with E-state index >= 15 is 0 Å². The molecule has 0 fully saturated rings. The Bertz CT molecular complexity index is 558. The molecule has 0 bridgehead atoms. The van der Waals surface area contributed by atoms with Gasteiger partial charge in [0.05, 0.1) is 0 Å². The first-order chi connectivity index (χ1) is 9.08. The number of hydrogen-bond donors (Lipinski definition) is 1. The summed E-state index contributed by atoms with van der Waals surface area (Å²) in [6, 6.07) is 0. The van der Waals surface area contributed by atoms with Gasteiger partial charge in [0.15, 0.2) is 11.6 Å². The summed E-state index contributed by atoms with van der Waals surface area (Å²) < 4.78 is 6.75. The second kappa shape index (κ2) is 5.64. The first-order valence-corrected chi connectivity index (χ1v) is 6.16. The van der Waals surface area contributed by atoms with Gasteiger partial charge in [-0.1, -0.05) is 19.0 Å². The Hall–Kier alpha value is -2.18. The highest BCUT2D eigenvalue weighted by molar-refractivity contribution is 5.90. The Morgan fingerprint density at radius 3 is 2.89 bits per heavy atom. The van der Waals surface area contributed by atoms with Crippen molar-refractivity contribution in [2.75, 3.05) is 6.54 Å². The quantitative estimate of drug-likeness (QED) is 0.866. The van der Waals surface area contributed by atoms with Gasteiger partial charge >= 0.3 is 0 Å². The molecule has 1 amide bonds. The molecule has 2 aromatic heterocycles. The van der Waals surface area contributed by atoms with Crippen molar-refractivity contribution in [1.29, 1.82) is 0 Å². The topological polar surface area (TPSA) is 85.8 Å². The van der Waals surface area contributed by atoms with Crippen molar-refractivity contribution in [3.8, 4) is 0 Å². The lowest BCUT2D eigenvalue weighted by Crippen LogP contribution is -2.28. The number of carbonyl (C=O) groups excluding carboxylic acids is 1. The van der Waals surface area contributed by atoms with Gasteiger partial charge in [-0.3, -0.25) is 4.79 Å². The predicted molar refractivity (Wildman–Crippen MR) is 67.6 cm³/mol. The molecule has 0 radical (unpaired) electrons. The van der Waals surface area contributed by atoms with Crippen LogP contribution in [0.3, 0.4) is 0 Å². The van der Waals surface area contributed by atoms with Gasteiger partial charge in [0.2, 0.25) is 5.89 Å². The molecule has 0 saturated heterocycles. The van der Waals surface area contributed by atoms with Crippen LogP contribution in [0.15, 0.2) is 16.9 Å². The van der Waals surface area contributed by atoms with E-state index in [0.29, 0.717) is 30.5 Å². The van der Waals surface area contributed by atoms with Crippen LogP contribution in [-0.4, -0.2) is 32.1 Å². The zero-order valence-corrected chi connectivity index (χ0v) is 11.3. The maximum absolute atomic E-state index is 11.8. The van der Waals surface area contributed by atoms with Gasteiger partial charge < -0.3 is 14.4 Å². The van der Waals surface area contributed by atoms with Crippen LogP contribution >= 0.6 is 0 Å². The summed E-state index contributed by atoms with van der Waals surface area (Å²) in [6.07, 6.45) is 3.85. The Morgan fingerprint density at radius 2 is 2.32 bits per heavy atom. The fourth-order valence-corrected chi connectivity index (χ4v) is 1.55. The number of amides is 1. The number of aromatic nitrogens is 4. The first kappa shape index (κ1) is 13.3. The third-order valence-corrected chi connectivity index (χ3v) is 2.64. The maximum atomic E-state index is 11.8. The molecule has 102 valence electrons. The van der Waals surface area contributed by atoms with E-state index in [0.717, 1.165) is 0 Å². The summed E-state index contributed by atoms with van der Waals surface area (Å²) in [4.78, 5) is 20.0. The van der Waals surface area contributed by atoms with Gasteiger partial charge in [-0.2, -0.15) is 4.98 Å². The number of hydrogen-bond acceptors (Lipinski definition) is 5. The molecule has 0 aromatic carbocycles. The molecular formula is C12H17N5O2. The Balaban J connectivity index is 1.83. The Labute approximate surface area is 111 Å². The van der Waals surface area contributed by atoms with E-state index in [2.05, 4.69) is 20.4 Å². The number of rotatable bonds is 5. The molecule has 19 heavy (non-hydrogen) atoms. The largest absolute Gasteiger partial charge is 0.349 e. The number of nitrogens with zero attached hydrogens (tertiary/aromatic N) is 4. The molecule has 7 nitrogen and oxygen atoms in total. The lowest BCUT2D eigenvalue weighted by atomic mass is 10.2. The van der Waals surface area contributed by atoms with Crippen molar-refractivity contribution in [1.82, 2.24) is 25.0 Å². The third-order valence-electron chi connectivity index (χ3n) is 2.64. The van der Waals surface area contributed by atoms with Crippen LogP contribution in [0.4, 0.5) is 0 Å². The highest BCUT2D eigenvalue weighted by Gasteiger charge is 2.12. The summed E-state index contributed by atoms with van der Waals surface area (Å²) in [5.41, 5.74) is 0. The lowest BCUT2D eigenvalue weighted by molar-refractivity contribution is 0.0940. The van der Waals surface area contributed by atoms with Crippen molar-refractivity contribution in [3.63, 3.8) is 0 Å². The molecule has 0 spiro atoms. The predicted octanol–water partition coefficient (Wildman–Crippen LogP) is 0.899. The van der Waals surface area contributed by atoms with Crippen molar-refractivity contribution < 1.29 is 9.32 Å². The SMILES string of the molecule is CC(C)c1nc(CCNC(=O)c2nccn2C)no1. The van der Waals surface area contributed by atoms with Crippen LogP contribution in [0.25, 0.3) is 0 Å². The van der Waals surface area contributed by atoms with E-state index in [1.54, 1.807) is 24.0 Å². The van der Waals surface area contributed by atoms with Crippen LogP contribution in [0, 0.1) is 0 Å². The molecule has 2 heterocycles. The average Bonchev–Trinajstić information content (AvgIpc) is 2.97. The highest BCUT2D eigenvalue weighted by Crippen LogP contribution is 2.10. The van der Waals surface area contributed by atoms with Gasteiger partial charge in [0.25, 0.3) is 5.91 Å². The minimum atomic E-state index is -0.208. The van der Waals surface area contributed by atoms with Crippen LogP contribution < -0.4 is 5.32 Å². The van der Waals surface area contributed by atoms with Gasteiger partial charge in [0, 0.05) is 38.3 Å². The van der Waals surface area contributed by atoms with E-state index < -0.39 is 0 Å². The normalized spacial score (nSPS) is 10.9. The highest BCUT2D eigenvalue weighted by atomic mass is 16.5. The maximum Gasteiger partial charge on any atom is 0.287 e. The van der Waals surface area contributed by atoms with Crippen LogP contribution in [0.1, 0.15) is 42.1 Å². The fourth-order valence-electron chi connectivity index (χ4n) is 1.55. The molecule has 0 aliphatic carbocycles. The molecule has 0 aliphatic rings. The fraction of sp³-hybridized carbons (Fsp3) is 0.500. The number of imidazole rings is 1. The van der Waals surface area contributed by atoms with Crippen molar-refractivity contribution in [2.45, 2.75) is 26.2 Å². The van der Waals surface area contributed by atoms with E-state index in [1.807, 2.05) is 13.8 Å². The van der Waals surface area contributed by atoms with Crippen molar-refractivity contribution in [3.05, 3.63) is 29.9 Å². The van der Waals surface area contributed by atoms with Gasteiger partial charge in [-0.05, 0) is 0 Å². The smallest absolute Gasteiger partial charge is 0.287 e. The average molecular weight is 263 g/mol. The summed E-state index contributed by atoms with van der Waals surface area (Å²) in [6.45, 7) is 4.42. The molecule has 1 N–H and O–H groups in total. The van der Waals surface area contributed by atoms with Gasteiger partial charge in [-0.25, -0.2) is 4.98 Å². The van der Waals surface area contributed by atoms with Crippen LogP contribution in [0.5, 0.6) is 0 Å². The molecule has 0 saturated carbocycles. The van der Waals surface area contributed by atoms with Crippen molar-refractivity contribution >= 4 is 5.91 Å². The Morgan fingerprint density at radius 1 is 1.53 bits per heavy atom. The second-order valence-electron chi connectivity index (χ2n) is 4.57. The minimum absolute atomic E-state index is 0.208. The molecule has 2 aromatic rings. The van der Waals surface area contributed by atoms with E-state index in [-0.39, 0.29) is 11.8 Å². The third kappa shape index (κ3) is 3.18. The van der Waals surface area contributed by atoms with E-state index in [9.17, 15) is 4.79 Å². The molecule has 7 heteroatoms. The summed E-state index contributed by atoms with van der Waals surface area (Å²) in [5, 5.41) is 6.63. The zero-order valence-electron chi connectivity index (χ0n) is 11.3. The van der Waals surface area contributed by atoms with Crippen LogP contribution in [0.2, 0.25) is 0 Å².